The van der Waals surface area contributed by atoms with Crippen molar-refractivity contribution < 1.29 is 23.8 Å². The van der Waals surface area contributed by atoms with E-state index in [-0.39, 0.29) is 12.5 Å². The Labute approximate surface area is 253 Å². The van der Waals surface area contributed by atoms with Crippen LogP contribution in [0.1, 0.15) is 39.5 Å². The molecule has 4 aromatic carbocycles. The first kappa shape index (κ1) is 29.9. The zero-order valence-electron chi connectivity index (χ0n) is 22.9. The Morgan fingerprint density at radius 3 is 2.44 bits per heavy atom. The summed E-state index contributed by atoms with van der Waals surface area (Å²) in [5, 5.41) is 3.54. The second-order valence-electron chi connectivity index (χ2n) is 9.19. The minimum Gasteiger partial charge on any atom is -0.490 e. The van der Waals surface area contributed by atoms with Crippen LogP contribution in [0.2, 0.25) is 5.02 Å². The number of halogens is 2. The predicted octanol–water partition coefficient (Wildman–Crippen LogP) is 8.57. The molecule has 0 saturated carbocycles. The molecule has 0 spiro atoms. The number of hydrogen-bond acceptors (Lipinski definition) is 5. The molecule has 0 fully saturated rings. The lowest BCUT2D eigenvalue weighted by Crippen LogP contribution is -2.13. The van der Waals surface area contributed by atoms with E-state index < -0.39 is 5.97 Å². The van der Waals surface area contributed by atoms with E-state index in [1.165, 1.54) is 6.08 Å². The molecule has 8 heteroatoms. The van der Waals surface area contributed by atoms with Crippen LogP contribution in [0.25, 0.3) is 6.08 Å². The third kappa shape index (κ3) is 8.22. The van der Waals surface area contributed by atoms with Crippen LogP contribution in [0.3, 0.4) is 0 Å². The molecule has 0 saturated heterocycles. The summed E-state index contributed by atoms with van der Waals surface area (Å²) >= 11 is 9.80. The molecule has 1 amide bonds. The largest absolute Gasteiger partial charge is 0.490 e. The summed E-state index contributed by atoms with van der Waals surface area (Å²) in [6, 6.07) is 23.3. The number of benzene rings is 4. The van der Waals surface area contributed by atoms with Crippen molar-refractivity contribution in [3.63, 3.8) is 0 Å². The van der Waals surface area contributed by atoms with Gasteiger partial charge < -0.3 is 19.5 Å². The summed E-state index contributed by atoms with van der Waals surface area (Å²) in [6.45, 7) is 6.49. The molecule has 0 aliphatic heterocycles. The number of nitrogens with one attached hydrogen (secondary N) is 1. The second-order valence-corrected chi connectivity index (χ2v) is 10.5. The van der Waals surface area contributed by atoms with Crippen LogP contribution in [0.5, 0.6) is 17.2 Å². The number of hydrogen-bond donors (Lipinski definition) is 1. The number of ether oxygens (including phenoxy) is 3. The summed E-state index contributed by atoms with van der Waals surface area (Å²) in [5.74, 6) is 0.574. The first-order valence-corrected chi connectivity index (χ1v) is 14.1. The number of anilines is 1. The Morgan fingerprint density at radius 2 is 1.71 bits per heavy atom. The van der Waals surface area contributed by atoms with Crippen LogP contribution >= 0.6 is 27.5 Å². The Bertz CT molecular complexity index is 1580. The van der Waals surface area contributed by atoms with E-state index in [4.69, 9.17) is 25.8 Å². The Kier molecular flexibility index (Phi) is 10.2. The topological polar surface area (TPSA) is 73.9 Å². The SMILES string of the molecule is CCOc1cc(/C=C/C(=O)Oc2ccc(C(=O)Nc3cc(C)ccc3C)cc2)cc(Br)c1OCc1ccccc1Cl. The molecule has 6 nitrogen and oxygen atoms in total. The zero-order chi connectivity index (χ0) is 29.4. The molecule has 1 N–H and O–H groups in total. The van der Waals surface area contributed by atoms with E-state index >= 15 is 0 Å². The average Bonchev–Trinajstić information content (AvgIpc) is 2.95. The molecular formula is C33H29BrClNO5. The molecule has 0 radical (unpaired) electrons. The maximum absolute atomic E-state index is 12.7. The van der Waals surface area contributed by atoms with Gasteiger partial charge in [-0.1, -0.05) is 41.9 Å². The van der Waals surface area contributed by atoms with E-state index in [1.54, 1.807) is 36.4 Å². The molecule has 0 heterocycles. The lowest BCUT2D eigenvalue weighted by atomic mass is 10.1. The molecule has 0 unspecified atom stereocenters. The zero-order valence-corrected chi connectivity index (χ0v) is 25.2. The van der Waals surface area contributed by atoms with Gasteiger partial charge in [0.2, 0.25) is 0 Å². The van der Waals surface area contributed by atoms with Crippen molar-refractivity contribution in [2.75, 3.05) is 11.9 Å². The van der Waals surface area contributed by atoms with Crippen LogP contribution in [0.4, 0.5) is 5.69 Å². The van der Waals surface area contributed by atoms with Gasteiger partial charge in [0.15, 0.2) is 11.5 Å². The molecule has 0 aliphatic carbocycles. The highest BCUT2D eigenvalue weighted by Crippen LogP contribution is 2.38. The van der Waals surface area contributed by atoms with Gasteiger partial charge in [0, 0.05) is 27.9 Å². The van der Waals surface area contributed by atoms with Crippen LogP contribution in [0.15, 0.2) is 89.4 Å². The number of aryl methyl sites for hydroxylation is 2. The lowest BCUT2D eigenvalue weighted by molar-refractivity contribution is -0.128. The first-order valence-electron chi connectivity index (χ1n) is 12.9. The molecule has 4 rings (SSSR count). The van der Waals surface area contributed by atoms with Crippen LogP contribution in [0, 0.1) is 13.8 Å². The van der Waals surface area contributed by atoms with Crippen molar-refractivity contribution in [1.82, 2.24) is 0 Å². The summed E-state index contributed by atoms with van der Waals surface area (Å²) in [5.41, 5.74) is 4.80. The van der Waals surface area contributed by atoms with E-state index in [0.717, 1.165) is 22.4 Å². The standard InChI is InChI=1S/C33H29BrClNO5/c1-4-39-30-19-23(18-27(34)32(30)40-20-25-7-5-6-8-28(25)35)11-16-31(37)41-26-14-12-24(13-15-26)33(38)36-29-17-21(2)9-10-22(29)3/h5-19H,4,20H2,1-3H3,(H,36,38)/b16-11+. The van der Waals surface area contributed by atoms with Gasteiger partial charge in [-0.3, -0.25) is 4.79 Å². The third-order valence-corrected chi connectivity index (χ3v) is 7.01. The first-order chi connectivity index (χ1) is 19.7. The van der Waals surface area contributed by atoms with Crippen molar-refractivity contribution in [3.05, 3.63) is 122 Å². The third-order valence-electron chi connectivity index (χ3n) is 6.05. The van der Waals surface area contributed by atoms with Crippen molar-refractivity contribution in [2.24, 2.45) is 0 Å². The Morgan fingerprint density at radius 1 is 0.951 bits per heavy atom. The fraction of sp³-hybridized carbons (Fsp3) is 0.152. The van der Waals surface area contributed by atoms with Crippen LogP contribution in [-0.2, 0) is 11.4 Å². The maximum Gasteiger partial charge on any atom is 0.336 e. The van der Waals surface area contributed by atoms with Gasteiger partial charge in [0.05, 0.1) is 11.1 Å². The molecule has 4 aromatic rings. The molecule has 0 atom stereocenters. The fourth-order valence-electron chi connectivity index (χ4n) is 3.91. The molecule has 41 heavy (non-hydrogen) atoms. The van der Waals surface area contributed by atoms with Gasteiger partial charge in [-0.25, -0.2) is 4.79 Å². The lowest BCUT2D eigenvalue weighted by Gasteiger charge is -2.15. The van der Waals surface area contributed by atoms with Crippen LogP contribution < -0.4 is 19.5 Å². The van der Waals surface area contributed by atoms with Crippen molar-refractivity contribution in [1.29, 1.82) is 0 Å². The molecule has 0 bridgehead atoms. The monoisotopic (exact) mass is 633 g/mol. The van der Waals surface area contributed by atoms with Crippen molar-refractivity contribution in [2.45, 2.75) is 27.4 Å². The smallest absolute Gasteiger partial charge is 0.336 e. The fourth-order valence-corrected chi connectivity index (χ4v) is 4.67. The van der Waals surface area contributed by atoms with E-state index in [2.05, 4.69) is 21.2 Å². The Balaban J connectivity index is 1.39. The number of rotatable bonds is 10. The summed E-state index contributed by atoms with van der Waals surface area (Å²) < 4.78 is 17.9. The summed E-state index contributed by atoms with van der Waals surface area (Å²) in [6.07, 6.45) is 2.95. The molecule has 0 aliphatic rings. The van der Waals surface area contributed by atoms with E-state index in [1.807, 2.05) is 69.3 Å². The van der Waals surface area contributed by atoms with Crippen molar-refractivity contribution >= 4 is 51.2 Å². The highest BCUT2D eigenvalue weighted by Gasteiger charge is 2.14. The second kappa shape index (κ2) is 14.0. The van der Waals surface area contributed by atoms with Gasteiger partial charge in [0.25, 0.3) is 5.91 Å². The predicted molar refractivity (Wildman–Crippen MR) is 166 cm³/mol. The maximum atomic E-state index is 12.7. The number of amides is 1. The molecular weight excluding hydrogens is 606 g/mol. The van der Waals surface area contributed by atoms with Gasteiger partial charge in [-0.15, -0.1) is 0 Å². The highest BCUT2D eigenvalue weighted by atomic mass is 79.9. The van der Waals surface area contributed by atoms with Gasteiger partial charge in [-0.05, 0) is 108 Å². The van der Waals surface area contributed by atoms with E-state index in [9.17, 15) is 9.59 Å². The van der Waals surface area contributed by atoms with Crippen molar-refractivity contribution in [3.8, 4) is 17.2 Å². The molecule has 210 valence electrons. The summed E-state index contributed by atoms with van der Waals surface area (Å²) in [4.78, 5) is 25.2. The van der Waals surface area contributed by atoms with E-state index in [0.29, 0.717) is 44.5 Å². The minimum absolute atomic E-state index is 0.244. The quantitative estimate of drug-likeness (QED) is 0.107. The average molecular weight is 635 g/mol. The minimum atomic E-state index is -0.564. The number of carbonyl (C=O) groups excluding carboxylic acids is 2. The number of esters is 1. The van der Waals surface area contributed by atoms with Gasteiger partial charge in [0.1, 0.15) is 12.4 Å². The highest BCUT2D eigenvalue weighted by molar-refractivity contribution is 9.10. The molecule has 0 aromatic heterocycles. The van der Waals surface area contributed by atoms with Gasteiger partial charge >= 0.3 is 5.97 Å². The Hall–Kier alpha value is -4.07. The van der Waals surface area contributed by atoms with Gasteiger partial charge in [-0.2, -0.15) is 0 Å². The number of carbonyl (C=O) groups is 2. The van der Waals surface area contributed by atoms with Crippen LogP contribution in [-0.4, -0.2) is 18.5 Å². The normalized spacial score (nSPS) is 10.9. The summed E-state index contributed by atoms with van der Waals surface area (Å²) in [7, 11) is 0.